The summed E-state index contributed by atoms with van der Waals surface area (Å²) < 4.78 is 10.4. The van der Waals surface area contributed by atoms with Gasteiger partial charge in [0, 0.05) is 12.5 Å². The molecule has 1 aliphatic carbocycles. The van der Waals surface area contributed by atoms with Crippen LogP contribution in [0.15, 0.2) is 12.7 Å². The van der Waals surface area contributed by atoms with Crippen LogP contribution in [0.4, 0.5) is 4.79 Å². The fourth-order valence-electron chi connectivity index (χ4n) is 1.89. The molecule has 0 aromatic heterocycles. The molecule has 1 amide bonds. The second kappa shape index (κ2) is 5.28. The predicted molar refractivity (Wildman–Crippen MR) is 68.0 cm³/mol. The summed E-state index contributed by atoms with van der Waals surface area (Å²) >= 11 is 0. The standard InChI is InChI=1S/C13H23NO4/c1-6-9-8-13(9,10(15)17-7-2)14-11(16)18-12(3,4)5/h6,9-10,15H,1,7-8H2,2-5H3,(H,14,16)/t9?,10?,13-/m1/s1. The van der Waals surface area contributed by atoms with Gasteiger partial charge in [-0.25, -0.2) is 4.79 Å². The molecule has 1 aliphatic rings. The van der Waals surface area contributed by atoms with Crippen LogP contribution in [-0.2, 0) is 9.47 Å². The summed E-state index contributed by atoms with van der Waals surface area (Å²) in [4.78, 5) is 11.8. The van der Waals surface area contributed by atoms with Crippen molar-refractivity contribution in [3.63, 3.8) is 0 Å². The SMILES string of the molecule is C=CC1C[C@]1(NC(=O)OC(C)(C)C)C(O)OCC. The molecule has 0 aromatic carbocycles. The van der Waals surface area contributed by atoms with Gasteiger partial charge in [0.25, 0.3) is 0 Å². The molecule has 0 spiro atoms. The van der Waals surface area contributed by atoms with Crippen LogP contribution in [0.25, 0.3) is 0 Å². The fourth-order valence-corrected chi connectivity index (χ4v) is 1.89. The van der Waals surface area contributed by atoms with E-state index in [1.165, 1.54) is 0 Å². The summed E-state index contributed by atoms with van der Waals surface area (Å²) in [5.41, 5.74) is -1.36. The molecule has 1 rings (SSSR count). The highest BCUT2D eigenvalue weighted by Gasteiger charge is 2.60. The maximum absolute atomic E-state index is 11.8. The van der Waals surface area contributed by atoms with Crippen molar-refractivity contribution in [1.82, 2.24) is 5.32 Å². The quantitative estimate of drug-likeness (QED) is 0.582. The Balaban J connectivity index is 2.65. The molecule has 2 N–H and O–H groups in total. The van der Waals surface area contributed by atoms with Gasteiger partial charge in [-0.05, 0) is 34.1 Å². The summed E-state index contributed by atoms with van der Waals surface area (Å²) in [6.45, 7) is 11.2. The van der Waals surface area contributed by atoms with Gasteiger partial charge in [-0.1, -0.05) is 6.08 Å². The molecule has 0 aliphatic heterocycles. The van der Waals surface area contributed by atoms with Crippen LogP contribution >= 0.6 is 0 Å². The smallest absolute Gasteiger partial charge is 0.408 e. The van der Waals surface area contributed by atoms with Crippen molar-refractivity contribution in [1.29, 1.82) is 0 Å². The third kappa shape index (κ3) is 3.46. The maximum Gasteiger partial charge on any atom is 0.408 e. The van der Waals surface area contributed by atoms with E-state index in [0.29, 0.717) is 13.0 Å². The minimum atomic E-state index is -1.04. The number of rotatable bonds is 5. The zero-order chi connectivity index (χ0) is 14.0. The molecule has 1 saturated carbocycles. The Hall–Kier alpha value is -1.07. The molecular formula is C13H23NO4. The Labute approximate surface area is 108 Å². The van der Waals surface area contributed by atoms with Gasteiger partial charge >= 0.3 is 6.09 Å². The number of carbonyl (C=O) groups excluding carboxylic acids is 1. The summed E-state index contributed by atoms with van der Waals surface area (Å²) in [6, 6.07) is 0. The Kier molecular flexibility index (Phi) is 4.40. The highest BCUT2D eigenvalue weighted by atomic mass is 16.6. The van der Waals surface area contributed by atoms with Crippen molar-refractivity contribution < 1.29 is 19.4 Å². The topological polar surface area (TPSA) is 67.8 Å². The van der Waals surface area contributed by atoms with Gasteiger partial charge in [-0.15, -0.1) is 6.58 Å². The van der Waals surface area contributed by atoms with E-state index in [2.05, 4.69) is 11.9 Å². The number of aliphatic hydroxyl groups excluding tert-OH is 1. The molecule has 104 valence electrons. The Morgan fingerprint density at radius 3 is 2.67 bits per heavy atom. The van der Waals surface area contributed by atoms with Crippen molar-refractivity contribution in [2.45, 2.75) is 51.5 Å². The third-order valence-corrected chi connectivity index (χ3v) is 2.84. The number of hydrogen-bond donors (Lipinski definition) is 2. The van der Waals surface area contributed by atoms with E-state index in [4.69, 9.17) is 9.47 Å². The lowest BCUT2D eigenvalue weighted by Gasteiger charge is -2.27. The van der Waals surface area contributed by atoms with Crippen LogP contribution < -0.4 is 5.32 Å². The monoisotopic (exact) mass is 257 g/mol. The highest BCUT2D eigenvalue weighted by molar-refractivity contribution is 5.70. The lowest BCUT2D eigenvalue weighted by Crippen LogP contribution is -2.50. The Morgan fingerprint density at radius 2 is 2.28 bits per heavy atom. The number of alkyl carbamates (subject to hydrolysis) is 1. The van der Waals surface area contributed by atoms with Crippen LogP contribution in [-0.4, -0.2) is 35.2 Å². The van der Waals surface area contributed by atoms with E-state index in [9.17, 15) is 9.90 Å². The molecule has 5 heteroatoms. The number of nitrogens with one attached hydrogen (secondary N) is 1. The first kappa shape index (κ1) is 15.0. The van der Waals surface area contributed by atoms with Gasteiger partial charge in [-0.3, -0.25) is 0 Å². The minimum Gasteiger partial charge on any atom is -0.444 e. The lowest BCUT2D eigenvalue weighted by atomic mass is 10.2. The van der Waals surface area contributed by atoms with Crippen molar-refractivity contribution >= 4 is 6.09 Å². The van der Waals surface area contributed by atoms with Crippen molar-refractivity contribution in [2.24, 2.45) is 5.92 Å². The van der Waals surface area contributed by atoms with Crippen LogP contribution in [0, 0.1) is 5.92 Å². The van der Waals surface area contributed by atoms with Crippen LogP contribution in [0.5, 0.6) is 0 Å². The van der Waals surface area contributed by atoms with Crippen LogP contribution in [0.1, 0.15) is 34.1 Å². The Bertz CT molecular complexity index is 323. The van der Waals surface area contributed by atoms with Crippen molar-refractivity contribution in [2.75, 3.05) is 6.61 Å². The van der Waals surface area contributed by atoms with E-state index in [-0.39, 0.29) is 5.92 Å². The van der Waals surface area contributed by atoms with E-state index >= 15 is 0 Å². The predicted octanol–water partition coefficient (Wildman–Crippen LogP) is 1.81. The zero-order valence-corrected chi connectivity index (χ0v) is 11.5. The van der Waals surface area contributed by atoms with Gasteiger partial charge in [0.2, 0.25) is 0 Å². The minimum absolute atomic E-state index is 0.00608. The molecular weight excluding hydrogens is 234 g/mol. The van der Waals surface area contributed by atoms with E-state index in [1.54, 1.807) is 33.8 Å². The number of hydrogen-bond acceptors (Lipinski definition) is 4. The average molecular weight is 257 g/mol. The molecule has 0 aromatic rings. The summed E-state index contributed by atoms with van der Waals surface area (Å²) in [5, 5.41) is 12.7. The van der Waals surface area contributed by atoms with Gasteiger partial charge in [-0.2, -0.15) is 0 Å². The van der Waals surface area contributed by atoms with Crippen molar-refractivity contribution in [3.8, 4) is 0 Å². The summed E-state index contributed by atoms with van der Waals surface area (Å²) in [6.07, 6.45) is 0.722. The number of aliphatic hydroxyl groups is 1. The maximum atomic E-state index is 11.8. The fraction of sp³-hybridized carbons (Fsp3) is 0.769. The highest BCUT2D eigenvalue weighted by Crippen LogP contribution is 2.47. The largest absolute Gasteiger partial charge is 0.444 e. The summed E-state index contributed by atoms with van der Waals surface area (Å²) in [7, 11) is 0. The Morgan fingerprint density at radius 1 is 1.67 bits per heavy atom. The number of carbonyl (C=O) groups is 1. The first-order valence-corrected chi connectivity index (χ1v) is 6.18. The third-order valence-electron chi connectivity index (χ3n) is 2.84. The molecule has 2 unspecified atom stereocenters. The number of amides is 1. The van der Waals surface area contributed by atoms with Gasteiger partial charge in [0.05, 0.1) is 0 Å². The normalized spacial score (nSPS) is 28.4. The van der Waals surface area contributed by atoms with Gasteiger partial charge < -0.3 is 19.9 Å². The van der Waals surface area contributed by atoms with E-state index in [0.717, 1.165) is 0 Å². The van der Waals surface area contributed by atoms with Crippen LogP contribution in [0.2, 0.25) is 0 Å². The van der Waals surface area contributed by atoms with E-state index < -0.39 is 23.5 Å². The van der Waals surface area contributed by atoms with Crippen molar-refractivity contribution in [3.05, 3.63) is 12.7 Å². The molecule has 0 saturated heterocycles. The second-order valence-electron chi connectivity index (χ2n) is 5.52. The molecule has 18 heavy (non-hydrogen) atoms. The van der Waals surface area contributed by atoms with Gasteiger partial charge in [0.15, 0.2) is 6.29 Å². The molecule has 5 nitrogen and oxygen atoms in total. The lowest BCUT2D eigenvalue weighted by molar-refractivity contribution is -0.125. The summed E-state index contributed by atoms with van der Waals surface area (Å²) in [5.74, 6) is 0.00608. The zero-order valence-electron chi connectivity index (χ0n) is 11.5. The van der Waals surface area contributed by atoms with E-state index in [1.807, 2.05) is 0 Å². The van der Waals surface area contributed by atoms with Gasteiger partial charge in [0.1, 0.15) is 11.1 Å². The molecule has 3 atom stereocenters. The molecule has 0 radical (unpaired) electrons. The second-order valence-corrected chi connectivity index (χ2v) is 5.52. The molecule has 0 bridgehead atoms. The van der Waals surface area contributed by atoms with Crippen LogP contribution in [0.3, 0.4) is 0 Å². The molecule has 1 fully saturated rings. The molecule has 0 heterocycles. The first-order chi connectivity index (χ1) is 8.25. The average Bonchev–Trinajstić information content (AvgIpc) is 2.90. The number of ether oxygens (including phenoxy) is 2. The first-order valence-electron chi connectivity index (χ1n) is 6.18.